The van der Waals surface area contributed by atoms with Crippen LogP contribution in [-0.2, 0) is 22.3 Å². The number of amides is 1. The van der Waals surface area contributed by atoms with E-state index in [1.807, 2.05) is 4.90 Å². The largest absolute Gasteiger partial charge is 0.378 e. The maximum absolute atomic E-state index is 12.9. The van der Waals surface area contributed by atoms with Crippen LogP contribution in [0.1, 0.15) is 60.3 Å². The summed E-state index contributed by atoms with van der Waals surface area (Å²) in [5, 5.41) is 7.41. The summed E-state index contributed by atoms with van der Waals surface area (Å²) in [6, 6.07) is 0. The lowest BCUT2D eigenvalue weighted by molar-refractivity contribution is -0.183. The van der Waals surface area contributed by atoms with Crippen LogP contribution in [0.15, 0.2) is 0 Å². The predicted molar refractivity (Wildman–Crippen MR) is 89.1 cm³/mol. The van der Waals surface area contributed by atoms with Crippen LogP contribution in [0.5, 0.6) is 0 Å². The van der Waals surface area contributed by atoms with Gasteiger partial charge in [-0.2, -0.15) is 5.10 Å². The molecule has 3 aliphatic rings. The Labute approximate surface area is 142 Å². The summed E-state index contributed by atoms with van der Waals surface area (Å²) in [5.74, 6) is 0.0778. The molecule has 1 unspecified atom stereocenters. The highest BCUT2D eigenvalue weighted by atomic mass is 16.5. The normalized spacial score (nSPS) is 26.4. The molecule has 0 bridgehead atoms. The van der Waals surface area contributed by atoms with Crippen LogP contribution in [0.3, 0.4) is 0 Å². The number of nitrogens with zero attached hydrogens (tertiary/aromatic N) is 2. The van der Waals surface area contributed by atoms with Crippen LogP contribution in [0.25, 0.3) is 0 Å². The van der Waals surface area contributed by atoms with E-state index in [1.54, 1.807) is 7.11 Å². The van der Waals surface area contributed by atoms with Gasteiger partial charge in [0.15, 0.2) is 5.69 Å². The van der Waals surface area contributed by atoms with Gasteiger partial charge in [0, 0.05) is 38.1 Å². The number of piperidine rings is 1. The molecule has 6 nitrogen and oxygen atoms in total. The first-order chi connectivity index (χ1) is 11.7. The number of nitrogens with one attached hydrogen (secondary N) is 1. The number of H-pyrrole nitrogens is 1. The van der Waals surface area contributed by atoms with E-state index in [9.17, 15) is 4.79 Å². The number of carbonyl (C=O) groups is 1. The van der Waals surface area contributed by atoms with E-state index in [2.05, 4.69) is 10.2 Å². The van der Waals surface area contributed by atoms with Crippen molar-refractivity contribution >= 4 is 5.91 Å². The lowest BCUT2D eigenvalue weighted by atomic mass is 9.81. The molecule has 132 valence electrons. The number of rotatable bonds is 2. The van der Waals surface area contributed by atoms with Gasteiger partial charge in [-0.15, -0.1) is 0 Å². The van der Waals surface area contributed by atoms with Gasteiger partial charge in [0.1, 0.15) is 0 Å². The molecule has 4 rings (SSSR count). The number of hydrogen-bond acceptors (Lipinski definition) is 4. The topological polar surface area (TPSA) is 67.5 Å². The van der Waals surface area contributed by atoms with E-state index in [4.69, 9.17) is 9.47 Å². The van der Waals surface area contributed by atoms with Crippen LogP contribution in [0.2, 0.25) is 0 Å². The Hall–Kier alpha value is -1.40. The highest BCUT2D eigenvalue weighted by Crippen LogP contribution is 2.37. The summed E-state index contributed by atoms with van der Waals surface area (Å²) in [4.78, 5) is 14.9. The monoisotopic (exact) mass is 333 g/mol. The highest BCUT2D eigenvalue weighted by molar-refractivity contribution is 5.94. The van der Waals surface area contributed by atoms with Crippen molar-refractivity contribution in [2.45, 2.75) is 63.1 Å². The van der Waals surface area contributed by atoms with Gasteiger partial charge in [-0.05, 0) is 51.4 Å². The fraction of sp³-hybridized carbons (Fsp3) is 0.778. The fourth-order valence-corrected chi connectivity index (χ4v) is 4.59. The first-order valence-electron chi connectivity index (χ1n) is 9.26. The van der Waals surface area contributed by atoms with Crippen molar-refractivity contribution < 1.29 is 14.3 Å². The van der Waals surface area contributed by atoms with Gasteiger partial charge in [-0.25, -0.2) is 0 Å². The maximum Gasteiger partial charge on any atom is 0.274 e. The second-order valence-electron chi connectivity index (χ2n) is 7.31. The van der Waals surface area contributed by atoms with E-state index in [0.29, 0.717) is 5.69 Å². The standard InChI is InChI=1S/C18H27N3O3/c1-23-15-7-4-12-24-18(15)8-10-21(11-9-18)17(22)16-13-5-2-3-6-14(13)19-20-16/h15H,2-12H2,1H3,(H,19,20). The number of likely N-dealkylation sites (tertiary alicyclic amines) is 1. The number of aryl methyl sites for hydroxylation is 1. The molecular formula is C18H27N3O3. The van der Waals surface area contributed by atoms with Crippen molar-refractivity contribution in [3.8, 4) is 0 Å². The summed E-state index contributed by atoms with van der Waals surface area (Å²) >= 11 is 0. The zero-order valence-corrected chi connectivity index (χ0v) is 14.5. The molecule has 2 aliphatic heterocycles. The zero-order chi connectivity index (χ0) is 16.6. The molecule has 1 amide bonds. The SMILES string of the molecule is COC1CCCOC12CCN(C(=O)c1n[nH]c3c1CCCC3)CC2. The first kappa shape index (κ1) is 16.1. The quantitative estimate of drug-likeness (QED) is 0.900. The predicted octanol–water partition coefficient (Wildman–Crippen LogP) is 2.09. The average molecular weight is 333 g/mol. The molecule has 2 saturated heterocycles. The Balaban J connectivity index is 1.46. The van der Waals surface area contributed by atoms with Crippen molar-refractivity contribution in [2.24, 2.45) is 0 Å². The summed E-state index contributed by atoms with van der Waals surface area (Å²) < 4.78 is 11.8. The van der Waals surface area contributed by atoms with Crippen LogP contribution < -0.4 is 0 Å². The molecule has 24 heavy (non-hydrogen) atoms. The maximum atomic E-state index is 12.9. The van der Waals surface area contributed by atoms with E-state index in [1.165, 1.54) is 6.42 Å². The van der Waals surface area contributed by atoms with E-state index < -0.39 is 0 Å². The van der Waals surface area contributed by atoms with Crippen molar-refractivity contribution in [1.82, 2.24) is 15.1 Å². The molecule has 1 N–H and O–H groups in total. The lowest BCUT2D eigenvalue weighted by Gasteiger charge is -2.47. The number of methoxy groups -OCH3 is 1. The highest BCUT2D eigenvalue weighted by Gasteiger charge is 2.45. The van der Waals surface area contributed by atoms with Gasteiger partial charge >= 0.3 is 0 Å². The van der Waals surface area contributed by atoms with Gasteiger partial charge in [0.2, 0.25) is 0 Å². The van der Waals surface area contributed by atoms with Gasteiger partial charge in [-0.3, -0.25) is 9.89 Å². The minimum atomic E-state index is -0.200. The average Bonchev–Trinajstić information content (AvgIpc) is 3.06. The van der Waals surface area contributed by atoms with Gasteiger partial charge in [-0.1, -0.05) is 0 Å². The summed E-state index contributed by atoms with van der Waals surface area (Å²) in [6.45, 7) is 2.25. The molecule has 1 atom stereocenters. The number of hydrogen-bond donors (Lipinski definition) is 1. The third-order valence-corrected chi connectivity index (χ3v) is 6.03. The Morgan fingerprint density at radius 1 is 1.29 bits per heavy atom. The van der Waals surface area contributed by atoms with Crippen molar-refractivity contribution in [3.63, 3.8) is 0 Å². The number of carbonyl (C=O) groups excluding carboxylic acids is 1. The van der Waals surface area contributed by atoms with Crippen molar-refractivity contribution in [2.75, 3.05) is 26.8 Å². The number of aromatic amines is 1. The Morgan fingerprint density at radius 2 is 2.08 bits per heavy atom. The Kier molecular flexibility index (Phi) is 4.35. The van der Waals surface area contributed by atoms with Crippen molar-refractivity contribution in [3.05, 3.63) is 17.0 Å². The number of fused-ring (bicyclic) bond motifs is 1. The van der Waals surface area contributed by atoms with Crippen LogP contribution in [0.4, 0.5) is 0 Å². The molecule has 1 aliphatic carbocycles. The molecule has 3 heterocycles. The van der Waals surface area contributed by atoms with E-state index in [0.717, 1.165) is 75.9 Å². The third kappa shape index (κ3) is 2.65. The van der Waals surface area contributed by atoms with Gasteiger partial charge < -0.3 is 14.4 Å². The second kappa shape index (κ2) is 6.48. The van der Waals surface area contributed by atoms with E-state index >= 15 is 0 Å². The first-order valence-corrected chi connectivity index (χ1v) is 9.26. The Morgan fingerprint density at radius 3 is 2.88 bits per heavy atom. The smallest absolute Gasteiger partial charge is 0.274 e. The minimum Gasteiger partial charge on any atom is -0.378 e. The summed E-state index contributed by atoms with van der Waals surface area (Å²) in [5.41, 5.74) is 2.76. The minimum absolute atomic E-state index is 0.0778. The molecular weight excluding hydrogens is 306 g/mol. The lowest BCUT2D eigenvalue weighted by Crippen LogP contribution is -2.56. The molecule has 2 fully saturated rings. The molecule has 6 heteroatoms. The second-order valence-corrected chi connectivity index (χ2v) is 7.31. The molecule has 1 aromatic heterocycles. The Bertz CT molecular complexity index is 605. The van der Waals surface area contributed by atoms with E-state index in [-0.39, 0.29) is 17.6 Å². The molecule has 0 aromatic carbocycles. The molecule has 1 aromatic rings. The molecule has 1 spiro atoms. The van der Waals surface area contributed by atoms with Gasteiger partial charge in [0.25, 0.3) is 5.91 Å². The van der Waals surface area contributed by atoms with Crippen molar-refractivity contribution in [1.29, 1.82) is 0 Å². The summed E-state index contributed by atoms with van der Waals surface area (Å²) in [7, 11) is 1.77. The van der Waals surface area contributed by atoms with Crippen LogP contribution >= 0.6 is 0 Å². The third-order valence-electron chi connectivity index (χ3n) is 6.03. The fourth-order valence-electron chi connectivity index (χ4n) is 4.59. The number of aromatic nitrogens is 2. The van der Waals surface area contributed by atoms with Crippen LogP contribution in [0, 0.1) is 0 Å². The summed E-state index contributed by atoms with van der Waals surface area (Å²) in [6.07, 6.45) is 8.29. The number of ether oxygens (including phenoxy) is 2. The zero-order valence-electron chi connectivity index (χ0n) is 14.5. The van der Waals surface area contributed by atoms with Crippen LogP contribution in [-0.4, -0.2) is 59.5 Å². The molecule has 0 saturated carbocycles. The molecule has 0 radical (unpaired) electrons. The van der Waals surface area contributed by atoms with Gasteiger partial charge in [0.05, 0.1) is 11.7 Å².